The summed E-state index contributed by atoms with van der Waals surface area (Å²) in [6, 6.07) is 11.5. The number of hydrogen-bond donors (Lipinski definition) is 2. The van der Waals surface area contributed by atoms with Gasteiger partial charge in [-0.3, -0.25) is 9.59 Å². The first-order valence-corrected chi connectivity index (χ1v) is 8.58. The number of benzene rings is 2. The van der Waals surface area contributed by atoms with E-state index in [1.165, 1.54) is 18.3 Å². The van der Waals surface area contributed by atoms with Gasteiger partial charge in [0.25, 0.3) is 0 Å². The molecule has 0 saturated heterocycles. The number of nitrogens with zero attached hydrogens (tertiary/aromatic N) is 1. The predicted molar refractivity (Wildman–Crippen MR) is 99.2 cm³/mol. The van der Waals surface area contributed by atoms with Crippen molar-refractivity contribution in [2.75, 3.05) is 5.32 Å². The number of nitrogens with one attached hydrogen (secondary N) is 2. The van der Waals surface area contributed by atoms with E-state index in [2.05, 4.69) is 31.8 Å². The molecule has 2 N–H and O–H groups in total. The number of amides is 2. The lowest BCUT2D eigenvalue weighted by Crippen LogP contribution is -2.20. The van der Waals surface area contributed by atoms with Crippen LogP contribution >= 0.6 is 15.9 Å². The minimum Gasteiger partial charge on any atom is -0.326 e. The van der Waals surface area contributed by atoms with Crippen LogP contribution in [0.1, 0.15) is 24.0 Å². The molecular formula is C18H15BrF3N3O2. The Kier molecular flexibility index (Phi) is 7.12. The van der Waals surface area contributed by atoms with Crippen LogP contribution in [0.15, 0.2) is 58.1 Å². The Morgan fingerprint density at radius 1 is 1.04 bits per heavy atom. The summed E-state index contributed by atoms with van der Waals surface area (Å²) in [4.78, 5) is 23.5. The molecular weight excluding hydrogens is 427 g/mol. The lowest BCUT2D eigenvalue weighted by atomic mass is 10.2. The van der Waals surface area contributed by atoms with Crippen molar-refractivity contribution >= 4 is 39.6 Å². The summed E-state index contributed by atoms with van der Waals surface area (Å²) in [6.07, 6.45) is -3.38. The first kappa shape index (κ1) is 20.6. The summed E-state index contributed by atoms with van der Waals surface area (Å²) in [6.45, 7) is 0. The molecule has 2 aromatic carbocycles. The summed E-state index contributed by atoms with van der Waals surface area (Å²) in [5, 5.41) is 6.11. The number of hydrogen-bond acceptors (Lipinski definition) is 3. The molecule has 0 unspecified atom stereocenters. The fourth-order valence-electron chi connectivity index (χ4n) is 2.01. The molecule has 5 nitrogen and oxygen atoms in total. The van der Waals surface area contributed by atoms with Crippen LogP contribution in [0.5, 0.6) is 0 Å². The van der Waals surface area contributed by atoms with Crippen molar-refractivity contribution in [2.24, 2.45) is 5.10 Å². The van der Waals surface area contributed by atoms with Gasteiger partial charge < -0.3 is 5.32 Å². The van der Waals surface area contributed by atoms with Gasteiger partial charge in [0, 0.05) is 23.0 Å². The largest absolute Gasteiger partial charge is 0.416 e. The Morgan fingerprint density at radius 3 is 2.37 bits per heavy atom. The smallest absolute Gasteiger partial charge is 0.326 e. The van der Waals surface area contributed by atoms with Crippen molar-refractivity contribution in [1.29, 1.82) is 0 Å². The average Bonchev–Trinajstić information content (AvgIpc) is 2.61. The van der Waals surface area contributed by atoms with Gasteiger partial charge in [0.1, 0.15) is 0 Å². The second-order valence-electron chi connectivity index (χ2n) is 5.47. The van der Waals surface area contributed by atoms with Crippen LogP contribution in [0.4, 0.5) is 18.9 Å². The third-order valence-corrected chi connectivity index (χ3v) is 3.85. The molecule has 0 saturated carbocycles. The minimum absolute atomic E-state index is 0.0171. The van der Waals surface area contributed by atoms with Crippen LogP contribution in [0.3, 0.4) is 0 Å². The van der Waals surface area contributed by atoms with E-state index in [0.29, 0.717) is 0 Å². The molecule has 142 valence electrons. The molecule has 2 amide bonds. The van der Waals surface area contributed by atoms with E-state index in [0.717, 1.165) is 22.2 Å². The summed E-state index contributed by atoms with van der Waals surface area (Å²) in [5.74, 6) is -1.05. The van der Waals surface area contributed by atoms with E-state index in [1.807, 2.05) is 12.1 Å². The molecule has 0 aliphatic heterocycles. The first-order valence-electron chi connectivity index (χ1n) is 7.78. The predicted octanol–water partition coefficient (Wildman–Crippen LogP) is 4.34. The highest BCUT2D eigenvalue weighted by Crippen LogP contribution is 2.30. The molecule has 0 atom stereocenters. The van der Waals surface area contributed by atoms with Gasteiger partial charge in [-0.1, -0.05) is 34.1 Å². The monoisotopic (exact) mass is 441 g/mol. The van der Waals surface area contributed by atoms with Crippen LogP contribution in [-0.2, 0) is 15.8 Å². The highest BCUT2D eigenvalue weighted by molar-refractivity contribution is 9.10. The van der Waals surface area contributed by atoms with E-state index in [9.17, 15) is 22.8 Å². The van der Waals surface area contributed by atoms with Crippen molar-refractivity contribution in [3.63, 3.8) is 0 Å². The van der Waals surface area contributed by atoms with Gasteiger partial charge in [0.15, 0.2) is 0 Å². The van der Waals surface area contributed by atoms with Crippen molar-refractivity contribution < 1.29 is 22.8 Å². The van der Waals surface area contributed by atoms with Crippen LogP contribution < -0.4 is 10.7 Å². The molecule has 2 rings (SSSR count). The second kappa shape index (κ2) is 9.31. The Balaban J connectivity index is 1.78. The SMILES string of the molecule is O=C(CCC(=O)Nc1cccc(C(F)(F)F)c1)N/N=C\c1ccc(Br)cc1. The summed E-state index contributed by atoms with van der Waals surface area (Å²) in [5.41, 5.74) is 2.22. The van der Waals surface area contributed by atoms with Gasteiger partial charge in [-0.05, 0) is 35.9 Å². The standard InChI is InChI=1S/C18H15BrF3N3O2/c19-14-6-4-12(5-7-14)11-23-25-17(27)9-8-16(26)24-15-3-1-2-13(10-15)18(20,21)22/h1-7,10-11H,8-9H2,(H,24,26)(H,25,27)/b23-11-. The zero-order chi connectivity index (χ0) is 19.9. The number of rotatable bonds is 6. The van der Waals surface area contributed by atoms with E-state index < -0.39 is 23.6 Å². The van der Waals surface area contributed by atoms with E-state index >= 15 is 0 Å². The normalized spacial score (nSPS) is 11.4. The van der Waals surface area contributed by atoms with Crippen LogP contribution in [0.2, 0.25) is 0 Å². The van der Waals surface area contributed by atoms with Crippen LogP contribution in [0, 0.1) is 0 Å². The van der Waals surface area contributed by atoms with Gasteiger partial charge in [-0.25, -0.2) is 5.43 Å². The maximum Gasteiger partial charge on any atom is 0.416 e. The lowest BCUT2D eigenvalue weighted by molar-refractivity contribution is -0.137. The number of halogens is 4. The Bertz CT molecular complexity index is 836. The zero-order valence-corrected chi connectivity index (χ0v) is 15.5. The lowest BCUT2D eigenvalue weighted by Gasteiger charge is -2.09. The van der Waals surface area contributed by atoms with Gasteiger partial charge in [-0.15, -0.1) is 0 Å². The third kappa shape index (κ3) is 7.22. The molecule has 0 fully saturated rings. The Morgan fingerprint density at radius 2 is 1.70 bits per heavy atom. The molecule has 0 spiro atoms. The quantitative estimate of drug-likeness (QED) is 0.517. The summed E-state index contributed by atoms with van der Waals surface area (Å²) < 4.78 is 38.8. The average molecular weight is 442 g/mol. The topological polar surface area (TPSA) is 70.6 Å². The number of carbonyl (C=O) groups is 2. The molecule has 2 aromatic rings. The van der Waals surface area contributed by atoms with Crippen LogP contribution in [-0.4, -0.2) is 18.0 Å². The van der Waals surface area contributed by atoms with Crippen molar-refractivity contribution in [2.45, 2.75) is 19.0 Å². The second-order valence-corrected chi connectivity index (χ2v) is 6.39. The Hall–Kier alpha value is -2.68. The highest BCUT2D eigenvalue weighted by atomic mass is 79.9. The molecule has 0 radical (unpaired) electrons. The van der Waals surface area contributed by atoms with Crippen molar-refractivity contribution in [1.82, 2.24) is 5.43 Å². The highest BCUT2D eigenvalue weighted by Gasteiger charge is 2.30. The van der Waals surface area contributed by atoms with E-state index in [1.54, 1.807) is 12.1 Å². The van der Waals surface area contributed by atoms with Gasteiger partial charge >= 0.3 is 6.18 Å². The number of carbonyl (C=O) groups excluding carboxylic acids is 2. The third-order valence-electron chi connectivity index (χ3n) is 3.33. The number of hydrazone groups is 1. The molecule has 0 aliphatic rings. The number of alkyl halides is 3. The van der Waals surface area contributed by atoms with E-state index in [4.69, 9.17) is 0 Å². The number of anilines is 1. The molecule has 0 bridgehead atoms. The van der Waals surface area contributed by atoms with E-state index in [-0.39, 0.29) is 18.5 Å². The molecule has 0 aromatic heterocycles. The van der Waals surface area contributed by atoms with Crippen molar-refractivity contribution in [3.8, 4) is 0 Å². The van der Waals surface area contributed by atoms with Crippen LogP contribution in [0.25, 0.3) is 0 Å². The first-order chi connectivity index (χ1) is 12.7. The maximum atomic E-state index is 12.6. The van der Waals surface area contributed by atoms with Gasteiger partial charge in [0.05, 0.1) is 11.8 Å². The summed E-state index contributed by atoms with van der Waals surface area (Å²) in [7, 11) is 0. The maximum absolute atomic E-state index is 12.6. The molecule has 0 heterocycles. The van der Waals surface area contributed by atoms with Gasteiger partial charge in [0.2, 0.25) is 11.8 Å². The van der Waals surface area contributed by atoms with Crippen molar-refractivity contribution in [3.05, 3.63) is 64.1 Å². The minimum atomic E-state index is -4.49. The zero-order valence-electron chi connectivity index (χ0n) is 13.9. The fourth-order valence-corrected chi connectivity index (χ4v) is 2.27. The summed E-state index contributed by atoms with van der Waals surface area (Å²) >= 11 is 3.30. The Labute approximate surface area is 161 Å². The molecule has 9 heteroatoms. The fraction of sp³-hybridized carbons (Fsp3) is 0.167. The molecule has 27 heavy (non-hydrogen) atoms. The van der Waals surface area contributed by atoms with Gasteiger partial charge in [-0.2, -0.15) is 18.3 Å². The molecule has 0 aliphatic carbocycles.